The molecule has 1 aromatic heterocycles. The molecule has 8 heteroatoms. The number of aromatic hydroxyl groups is 1. The van der Waals surface area contributed by atoms with E-state index >= 15 is 0 Å². The van der Waals surface area contributed by atoms with Gasteiger partial charge in [-0.2, -0.15) is 0 Å². The van der Waals surface area contributed by atoms with Crippen LogP contribution < -0.4 is 19.8 Å². The van der Waals surface area contributed by atoms with Crippen molar-refractivity contribution in [3.63, 3.8) is 0 Å². The molecule has 0 bridgehead atoms. The van der Waals surface area contributed by atoms with E-state index in [4.69, 9.17) is 13.9 Å². The highest BCUT2D eigenvalue weighted by Gasteiger charge is 2.44. The summed E-state index contributed by atoms with van der Waals surface area (Å²) in [5.74, 6) is 0.315. The summed E-state index contributed by atoms with van der Waals surface area (Å²) in [5.41, 5.74) is 1.42. The second kappa shape index (κ2) is 7.97. The van der Waals surface area contributed by atoms with Gasteiger partial charge in [-0.3, -0.25) is 14.5 Å². The zero-order valence-corrected chi connectivity index (χ0v) is 19.3. The topological polar surface area (TPSA) is 89.2 Å². The van der Waals surface area contributed by atoms with Crippen LogP contribution in [0.4, 0.5) is 5.69 Å². The molecule has 0 spiro atoms. The number of carbonyl (C=O) groups excluding carboxylic acids is 1. The fourth-order valence-corrected chi connectivity index (χ4v) is 4.61. The third-order valence-electron chi connectivity index (χ3n) is 5.71. The molecule has 0 saturated carbocycles. The molecule has 1 aliphatic rings. The quantitative estimate of drug-likeness (QED) is 0.416. The molecule has 0 radical (unpaired) electrons. The molecule has 166 valence electrons. The normalized spacial score (nSPS) is 15.1. The van der Waals surface area contributed by atoms with Crippen LogP contribution in [0.25, 0.3) is 11.0 Å². The average molecular weight is 508 g/mol. The first-order valence-corrected chi connectivity index (χ1v) is 10.8. The summed E-state index contributed by atoms with van der Waals surface area (Å²) in [7, 11) is 2.99. The minimum absolute atomic E-state index is 0.0114. The van der Waals surface area contributed by atoms with E-state index in [1.165, 1.54) is 12.0 Å². The van der Waals surface area contributed by atoms with Crippen LogP contribution >= 0.6 is 15.9 Å². The number of ether oxygens (including phenoxy) is 2. The van der Waals surface area contributed by atoms with Crippen LogP contribution in [-0.4, -0.2) is 25.2 Å². The highest BCUT2D eigenvalue weighted by molar-refractivity contribution is 9.10. The Morgan fingerprint density at radius 1 is 1.00 bits per heavy atom. The molecular formula is C25H18BrNO6. The van der Waals surface area contributed by atoms with Crippen molar-refractivity contribution < 1.29 is 23.8 Å². The molecule has 7 nitrogen and oxygen atoms in total. The van der Waals surface area contributed by atoms with Gasteiger partial charge in [0.25, 0.3) is 5.91 Å². The number of halogens is 1. The number of nitrogens with zero attached hydrogens (tertiary/aromatic N) is 1. The molecule has 3 aromatic carbocycles. The standard InChI is InChI=1S/C25H18BrNO6/c1-31-15-9-7-14(8-10-15)27-21(13-11-17(26)23(29)19(12-13)32-2)20-22(28)16-5-3-4-6-18(16)33-24(20)25(27)30/h3-12,21,29H,1-2H3. The number of methoxy groups -OCH3 is 2. The molecule has 1 unspecified atom stereocenters. The summed E-state index contributed by atoms with van der Waals surface area (Å²) in [6.07, 6.45) is 0. The number of hydrogen-bond acceptors (Lipinski definition) is 6. The second-order valence-corrected chi connectivity index (χ2v) is 8.35. The predicted octanol–water partition coefficient (Wildman–Crippen LogP) is 5.03. The van der Waals surface area contributed by atoms with Crippen molar-refractivity contribution in [2.24, 2.45) is 0 Å². The Kier molecular flexibility index (Phi) is 5.09. The summed E-state index contributed by atoms with van der Waals surface area (Å²) in [6.45, 7) is 0. The van der Waals surface area contributed by atoms with Crippen molar-refractivity contribution in [3.05, 3.63) is 92.2 Å². The van der Waals surface area contributed by atoms with E-state index in [0.717, 1.165) is 0 Å². The lowest BCUT2D eigenvalue weighted by Gasteiger charge is -2.26. The van der Waals surface area contributed by atoms with Crippen molar-refractivity contribution in [2.45, 2.75) is 6.04 Å². The maximum Gasteiger partial charge on any atom is 0.295 e. The second-order valence-electron chi connectivity index (χ2n) is 7.50. The zero-order chi connectivity index (χ0) is 23.3. The van der Waals surface area contributed by atoms with Crippen LogP contribution in [0.2, 0.25) is 0 Å². The number of benzene rings is 3. The largest absolute Gasteiger partial charge is 0.503 e. The lowest BCUT2D eigenvalue weighted by Crippen LogP contribution is -2.29. The molecule has 1 N–H and O–H groups in total. The van der Waals surface area contributed by atoms with Gasteiger partial charge in [-0.1, -0.05) is 12.1 Å². The summed E-state index contributed by atoms with van der Waals surface area (Å²) in [6, 6.07) is 16.3. The minimum Gasteiger partial charge on any atom is -0.503 e. The smallest absolute Gasteiger partial charge is 0.295 e. The Hall–Kier alpha value is -3.78. The fraction of sp³-hybridized carbons (Fsp3) is 0.120. The first-order chi connectivity index (χ1) is 15.9. The van der Waals surface area contributed by atoms with Gasteiger partial charge in [0.2, 0.25) is 5.76 Å². The number of para-hydroxylation sites is 1. The van der Waals surface area contributed by atoms with Crippen LogP contribution in [0.1, 0.15) is 27.7 Å². The Morgan fingerprint density at radius 3 is 2.42 bits per heavy atom. The van der Waals surface area contributed by atoms with Gasteiger partial charge in [-0.25, -0.2) is 0 Å². The van der Waals surface area contributed by atoms with Gasteiger partial charge in [-0.05, 0) is 70.0 Å². The Labute approximate surface area is 196 Å². The van der Waals surface area contributed by atoms with Crippen LogP contribution in [-0.2, 0) is 0 Å². The zero-order valence-electron chi connectivity index (χ0n) is 17.7. The molecule has 1 atom stereocenters. The number of phenols is 1. The van der Waals surface area contributed by atoms with Crippen molar-refractivity contribution in [3.8, 4) is 17.2 Å². The van der Waals surface area contributed by atoms with E-state index in [1.54, 1.807) is 67.8 Å². The van der Waals surface area contributed by atoms with Crippen molar-refractivity contribution in [1.82, 2.24) is 0 Å². The molecule has 33 heavy (non-hydrogen) atoms. The lowest BCUT2D eigenvalue weighted by atomic mass is 9.97. The van der Waals surface area contributed by atoms with Gasteiger partial charge in [0, 0.05) is 5.69 Å². The lowest BCUT2D eigenvalue weighted by molar-refractivity contribution is 0.0971. The van der Waals surface area contributed by atoms with Crippen LogP contribution in [0.3, 0.4) is 0 Å². The van der Waals surface area contributed by atoms with Gasteiger partial charge in [0.1, 0.15) is 11.3 Å². The highest BCUT2D eigenvalue weighted by atomic mass is 79.9. The molecule has 0 fully saturated rings. The Balaban J connectivity index is 1.81. The third-order valence-corrected chi connectivity index (χ3v) is 6.32. The number of fused-ring (bicyclic) bond motifs is 2. The summed E-state index contributed by atoms with van der Waals surface area (Å²) >= 11 is 3.34. The Morgan fingerprint density at radius 2 is 1.73 bits per heavy atom. The number of carbonyl (C=O) groups is 1. The van der Waals surface area contributed by atoms with Gasteiger partial charge >= 0.3 is 0 Å². The average Bonchev–Trinajstić information content (AvgIpc) is 3.13. The first kappa shape index (κ1) is 21.1. The third kappa shape index (κ3) is 3.25. The molecular weight excluding hydrogens is 490 g/mol. The molecule has 1 aliphatic heterocycles. The highest BCUT2D eigenvalue weighted by Crippen LogP contribution is 2.45. The molecule has 4 aromatic rings. The van der Waals surface area contributed by atoms with Gasteiger partial charge in [-0.15, -0.1) is 0 Å². The van der Waals surface area contributed by atoms with E-state index in [-0.39, 0.29) is 28.3 Å². The molecule has 0 saturated heterocycles. The number of rotatable bonds is 4. The monoisotopic (exact) mass is 507 g/mol. The molecule has 0 aliphatic carbocycles. The maximum atomic E-state index is 13.6. The van der Waals surface area contributed by atoms with Gasteiger partial charge < -0.3 is 19.0 Å². The number of anilines is 1. The summed E-state index contributed by atoms with van der Waals surface area (Å²) in [5, 5.41) is 10.7. The Bertz CT molecular complexity index is 1460. The number of hydrogen-bond donors (Lipinski definition) is 1. The van der Waals surface area contributed by atoms with Crippen molar-refractivity contribution in [2.75, 3.05) is 19.1 Å². The molecule has 2 heterocycles. The van der Waals surface area contributed by atoms with Crippen LogP contribution in [0.5, 0.6) is 17.2 Å². The fourth-order valence-electron chi connectivity index (χ4n) is 4.15. The van der Waals surface area contributed by atoms with Gasteiger partial charge in [0.05, 0.1) is 35.7 Å². The maximum absolute atomic E-state index is 13.6. The molecule has 5 rings (SSSR count). The van der Waals surface area contributed by atoms with E-state index in [2.05, 4.69) is 15.9 Å². The number of phenolic OH excluding ortho intramolecular Hbond substituents is 1. The van der Waals surface area contributed by atoms with E-state index in [9.17, 15) is 14.7 Å². The number of amides is 1. The minimum atomic E-state index is -0.799. The van der Waals surface area contributed by atoms with Crippen molar-refractivity contribution >= 4 is 38.5 Å². The predicted molar refractivity (Wildman–Crippen MR) is 126 cm³/mol. The summed E-state index contributed by atoms with van der Waals surface area (Å²) < 4.78 is 16.9. The van der Waals surface area contributed by atoms with Gasteiger partial charge in [0.15, 0.2) is 16.9 Å². The van der Waals surface area contributed by atoms with Crippen molar-refractivity contribution in [1.29, 1.82) is 0 Å². The SMILES string of the molecule is COc1ccc(N2C(=O)c3oc4ccccc4c(=O)c3C2c2cc(Br)c(O)c(OC)c2)cc1. The summed E-state index contributed by atoms with van der Waals surface area (Å²) in [4.78, 5) is 28.7. The van der Waals surface area contributed by atoms with E-state index in [0.29, 0.717) is 32.4 Å². The van der Waals surface area contributed by atoms with E-state index < -0.39 is 11.9 Å². The van der Waals surface area contributed by atoms with Crippen LogP contribution in [0.15, 0.2) is 74.3 Å². The van der Waals surface area contributed by atoms with E-state index in [1.807, 2.05) is 0 Å². The van der Waals surface area contributed by atoms with Crippen LogP contribution in [0, 0.1) is 0 Å². The molecule has 1 amide bonds. The first-order valence-electron chi connectivity index (χ1n) is 10.0.